The van der Waals surface area contributed by atoms with Gasteiger partial charge in [0.15, 0.2) is 5.60 Å². The standard InChI is InChI=1S/C10H9F3O2/c11-10(12,13)9(5-6-15-9)7-3-1-2-4-8(7)14/h1-4,14H,5-6H2. The molecule has 0 aromatic heterocycles. The van der Waals surface area contributed by atoms with E-state index in [1.165, 1.54) is 24.3 Å². The van der Waals surface area contributed by atoms with Crippen molar-refractivity contribution in [3.8, 4) is 5.75 Å². The number of aromatic hydroxyl groups is 1. The molecule has 1 atom stereocenters. The van der Waals surface area contributed by atoms with Gasteiger partial charge < -0.3 is 9.84 Å². The Kier molecular flexibility index (Phi) is 2.15. The van der Waals surface area contributed by atoms with E-state index in [1.807, 2.05) is 0 Å². The zero-order chi connectivity index (χ0) is 11.1. The summed E-state index contributed by atoms with van der Waals surface area (Å²) in [7, 11) is 0. The molecule has 15 heavy (non-hydrogen) atoms. The van der Waals surface area contributed by atoms with E-state index >= 15 is 0 Å². The quantitative estimate of drug-likeness (QED) is 0.784. The number of para-hydroxylation sites is 1. The first-order valence-corrected chi connectivity index (χ1v) is 4.46. The fourth-order valence-corrected chi connectivity index (χ4v) is 1.71. The van der Waals surface area contributed by atoms with Crippen LogP contribution in [-0.2, 0) is 10.3 Å². The van der Waals surface area contributed by atoms with E-state index in [1.54, 1.807) is 0 Å². The van der Waals surface area contributed by atoms with Crippen LogP contribution in [0, 0.1) is 0 Å². The zero-order valence-electron chi connectivity index (χ0n) is 7.71. The van der Waals surface area contributed by atoms with Crippen molar-refractivity contribution in [3.63, 3.8) is 0 Å². The van der Waals surface area contributed by atoms with E-state index < -0.39 is 11.8 Å². The minimum Gasteiger partial charge on any atom is -0.508 e. The molecule has 5 heteroatoms. The van der Waals surface area contributed by atoms with Crippen LogP contribution in [0.1, 0.15) is 12.0 Å². The lowest BCUT2D eigenvalue weighted by Crippen LogP contribution is -2.52. The predicted molar refractivity (Wildman–Crippen MR) is 46.4 cm³/mol. The van der Waals surface area contributed by atoms with Gasteiger partial charge in [0.2, 0.25) is 0 Å². The fraction of sp³-hybridized carbons (Fsp3) is 0.400. The van der Waals surface area contributed by atoms with Crippen LogP contribution in [0.5, 0.6) is 5.75 Å². The summed E-state index contributed by atoms with van der Waals surface area (Å²) in [6.45, 7) is 0.0633. The number of halogens is 3. The predicted octanol–water partition coefficient (Wildman–Crippen LogP) is 2.57. The molecule has 1 fully saturated rings. The molecule has 82 valence electrons. The molecule has 0 radical (unpaired) electrons. The van der Waals surface area contributed by atoms with E-state index in [-0.39, 0.29) is 24.3 Å². The van der Waals surface area contributed by atoms with E-state index in [0.717, 1.165) is 0 Å². The van der Waals surface area contributed by atoms with Crippen LogP contribution in [-0.4, -0.2) is 17.9 Å². The van der Waals surface area contributed by atoms with Crippen LogP contribution >= 0.6 is 0 Å². The number of rotatable bonds is 1. The third-order valence-corrected chi connectivity index (χ3v) is 2.60. The molecule has 2 rings (SSSR count). The van der Waals surface area contributed by atoms with Crippen molar-refractivity contribution in [2.45, 2.75) is 18.2 Å². The van der Waals surface area contributed by atoms with Crippen molar-refractivity contribution in [1.82, 2.24) is 0 Å². The van der Waals surface area contributed by atoms with Crippen molar-refractivity contribution >= 4 is 0 Å². The maximum Gasteiger partial charge on any atom is 0.421 e. The Hall–Kier alpha value is -1.23. The van der Waals surface area contributed by atoms with Crippen molar-refractivity contribution < 1.29 is 23.0 Å². The van der Waals surface area contributed by atoms with Gasteiger partial charge in [-0.1, -0.05) is 18.2 Å². The second-order valence-electron chi connectivity index (χ2n) is 3.44. The summed E-state index contributed by atoms with van der Waals surface area (Å²) in [5.41, 5.74) is -2.51. The summed E-state index contributed by atoms with van der Waals surface area (Å²) in [5.74, 6) is -0.380. The molecule has 0 aliphatic carbocycles. The highest BCUT2D eigenvalue weighted by Gasteiger charge is 2.62. The van der Waals surface area contributed by atoms with Gasteiger partial charge in [-0.05, 0) is 6.07 Å². The Morgan fingerprint density at radius 1 is 1.27 bits per heavy atom. The summed E-state index contributed by atoms with van der Waals surface area (Å²) in [6, 6.07) is 5.39. The first-order chi connectivity index (χ1) is 6.97. The molecule has 1 N–H and O–H groups in total. The number of hydrogen-bond donors (Lipinski definition) is 1. The van der Waals surface area contributed by atoms with Crippen molar-refractivity contribution in [3.05, 3.63) is 29.8 Å². The largest absolute Gasteiger partial charge is 0.508 e. The minimum atomic E-state index is -4.50. The molecule has 0 bridgehead atoms. The minimum absolute atomic E-state index is 0.0633. The van der Waals surface area contributed by atoms with Crippen molar-refractivity contribution in [1.29, 1.82) is 0 Å². The first kappa shape index (κ1) is 10.3. The number of phenolic OH excluding ortho intramolecular Hbond substituents is 1. The third kappa shape index (κ3) is 1.38. The summed E-state index contributed by atoms with van der Waals surface area (Å²) >= 11 is 0. The molecule has 0 saturated carbocycles. The highest BCUT2D eigenvalue weighted by molar-refractivity contribution is 5.39. The smallest absolute Gasteiger partial charge is 0.421 e. The summed E-state index contributed by atoms with van der Waals surface area (Å²) < 4.78 is 43.0. The molecular formula is C10H9F3O2. The monoisotopic (exact) mass is 218 g/mol. The Balaban J connectivity index is 2.48. The summed E-state index contributed by atoms with van der Waals surface area (Å²) in [5, 5.41) is 9.39. The Labute approximate surface area is 84.3 Å². The van der Waals surface area contributed by atoms with Crippen LogP contribution in [0.4, 0.5) is 13.2 Å². The topological polar surface area (TPSA) is 29.5 Å². The third-order valence-electron chi connectivity index (χ3n) is 2.60. The van der Waals surface area contributed by atoms with Crippen LogP contribution < -0.4 is 0 Å². The molecule has 1 aromatic carbocycles. The maximum atomic E-state index is 12.8. The summed E-state index contributed by atoms with van der Waals surface area (Å²) in [4.78, 5) is 0. The number of ether oxygens (including phenoxy) is 1. The van der Waals surface area contributed by atoms with E-state index in [4.69, 9.17) is 0 Å². The first-order valence-electron chi connectivity index (χ1n) is 4.46. The highest BCUT2D eigenvalue weighted by Crippen LogP contribution is 2.52. The fourth-order valence-electron chi connectivity index (χ4n) is 1.71. The molecule has 2 nitrogen and oxygen atoms in total. The molecule has 1 aliphatic rings. The second kappa shape index (κ2) is 3.13. The zero-order valence-corrected chi connectivity index (χ0v) is 7.71. The average molecular weight is 218 g/mol. The number of alkyl halides is 3. The van der Waals surface area contributed by atoms with E-state index in [2.05, 4.69) is 4.74 Å². The SMILES string of the molecule is Oc1ccccc1C1(C(F)(F)F)CCO1. The van der Waals surface area contributed by atoms with Gasteiger partial charge in [-0.3, -0.25) is 0 Å². The average Bonchev–Trinajstić information content (AvgIpc) is 2.03. The number of hydrogen-bond acceptors (Lipinski definition) is 2. The molecule has 0 spiro atoms. The van der Waals surface area contributed by atoms with Gasteiger partial charge in [0, 0.05) is 12.0 Å². The van der Waals surface area contributed by atoms with Crippen LogP contribution in [0.15, 0.2) is 24.3 Å². The summed E-state index contributed by atoms with van der Waals surface area (Å²) in [6.07, 6.45) is -4.64. The van der Waals surface area contributed by atoms with Gasteiger partial charge >= 0.3 is 6.18 Å². The van der Waals surface area contributed by atoms with Crippen molar-refractivity contribution in [2.75, 3.05) is 6.61 Å². The molecule has 1 unspecified atom stereocenters. The lowest BCUT2D eigenvalue weighted by molar-refractivity contribution is -0.333. The molecule has 1 aromatic rings. The normalized spacial score (nSPS) is 26.1. The second-order valence-corrected chi connectivity index (χ2v) is 3.44. The molecule has 1 aliphatic heterocycles. The lowest BCUT2D eigenvalue weighted by Gasteiger charge is -2.43. The molecule has 1 saturated heterocycles. The van der Waals surface area contributed by atoms with Gasteiger partial charge in [0.1, 0.15) is 5.75 Å². The van der Waals surface area contributed by atoms with Gasteiger partial charge in [0.05, 0.1) is 6.61 Å². The van der Waals surface area contributed by atoms with Gasteiger partial charge in [0.25, 0.3) is 0 Å². The lowest BCUT2D eigenvalue weighted by atomic mass is 9.85. The van der Waals surface area contributed by atoms with E-state index in [9.17, 15) is 18.3 Å². The van der Waals surface area contributed by atoms with Crippen molar-refractivity contribution in [2.24, 2.45) is 0 Å². The molecule has 0 amide bonds. The van der Waals surface area contributed by atoms with Gasteiger partial charge in [-0.2, -0.15) is 13.2 Å². The Morgan fingerprint density at radius 3 is 2.27 bits per heavy atom. The Bertz CT molecular complexity index is 369. The number of benzene rings is 1. The van der Waals surface area contributed by atoms with Crippen LogP contribution in [0.2, 0.25) is 0 Å². The van der Waals surface area contributed by atoms with Gasteiger partial charge in [-0.25, -0.2) is 0 Å². The van der Waals surface area contributed by atoms with E-state index in [0.29, 0.717) is 0 Å². The number of phenols is 1. The molecular weight excluding hydrogens is 209 g/mol. The van der Waals surface area contributed by atoms with Gasteiger partial charge in [-0.15, -0.1) is 0 Å². The Morgan fingerprint density at radius 2 is 1.87 bits per heavy atom. The molecule has 1 heterocycles. The van der Waals surface area contributed by atoms with Crippen LogP contribution in [0.25, 0.3) is 0 Å². The highest BCUT2D eigenvalue weighted by atomic mass is 19.4. The maximum absolute atomic E-state index is 12.8. The van der Waals surface area contributed by atoms with Crippen LogP contribution in [0.3, 0.4) is 0 Å².